The van der Waals surface area contributed by atoms with E-state index < -0.39 is 5.60 Å². The van der Waals surface area contributed by atoms with E-state index in [4.69, 9.17) is 0 Å². The smallest absolute Gasteiger partial charge is 0.0624 e. The lowest BCUT2D eigenvalue weighted by Crippen LogP contribution is -2.28. The first-order valence-electron chi connectivity index (χ1n) is 5.72. The van der Waals surface area contributed by atoms with E-state index in [0.29, 0.717) is 5.92 Å². The van der Waals surface area contributed by atoms with Gasteiger partial charge in [0.25, 0.3) is 0 Å². The summed E-state index contributed by atoms with van der Waals surface area (Å²) in [7, 11) is 0. The largest absolute Gasteiger partial charge is 0.390 e. The lowest BCUT2D eigenvalue weighted by atomic mass is 9.85. The van der Waals surface area contributed by atoms with Crippen LogP contribution in [0.5, 0.6) is 0 Å². The van der Waals surface area contributed by atoms with Crippen molar-refractivity contribution in [2.45, 2.75) is 64.9 Å². The first kappa shape index (κ1) is 11.0. The summed E-state index contributed by atoms with van der Waals surface area (Å²) in [6, 6.07) is 0. The summed E-state index contributed by atoms with van der Waals surface area (Å²) in [5.74, 6) is 1.41. The second kappa shape index (κ2) is 4.45. The minimum atomic E-state index is -0.414. The van der Waals surface area contributed by atoms with Crippen molar-refractivity contribution >= 4 is 0 Å². The van der Waals surface area contributed by atoms with Crippen LogP contribution in [0, 0.1) is 11.8 Å². The van der Waals surface area contributed by atoms with Crippen LogP contribution >= 0.6 is 0 Å². The van der Waals surface area contributed by atoms with Crippen LogP contribution in [-0.4, -0.2) is 10.7 Å². The molecule has 1 aliphatic carbocycles. The van der Waals surface area contributed by atoms with Crippen molar-refractivity contribution in [1.82, 2.24) is 0 Å². The van der Waals surface area contributed by atoms with E-state index >= 15 is 0 Å². The first-order valence-corrected chi connectivity index (χ1v) is 5.72. The quantitative estimate of drug-likeness (QED) is 0.710. The summed E-state index contributed by atoms with van der Waals surface area (Å²) in [6.45, 7) is 6.37. The van der Waals surface area contributed by atoms with Gasteiger partial charge in [0, 0.05) is 0 Å². The fourth-order valence-electron chi connectivity index (χ4n) is 2.80. The molecule has 0 aromatic rings. The van der Waals surface area contributed by atoms with Crippen molar-refractivity contribution in [3.8, 4) is 0 Å². The van der Waals surface area contributed by atoms with Gasteiger partial charge < -0.3 is 5.11 Å². The fourth-order valence-corrected chi connectivity index (χ4v) is 2.80. The summed E-state index contributed by atoms with van der Waals surface area (Å²) in [5.41, 5.74) is -0.414. The van der Waals surface area contributed by atoms with E-state index in [1.165, 1.54) is 25.7 Å². The average Bonchev–Trinajstić information content (AvgIpc) is 2.34. The summed E-state index contributed by atoms with van der Waals surface area (Å²) in [6.07, 6.45) is 7.40. The van der Waals surface area contributed by atoms with Gasteiger partial charge in [0.1, 0.15) is 0 Å². The van der Waals surface area contributed by atoms with E-state index in [2.05, 4.69) is 13.8 Å². The number of hydrogen-bond donors (Lipinski definition) is 1. The molecule has 1 aliphatic rings. The Morgan fingerprint density at radius 3 is 2.31 bits per heavy atom. The minimum Gasteiger partial charge on any atom is -0.390 e. The molecule has 78 valence electrons. The minimum absolute atomic E-state index is 0.414. The van der Waals surface area contributed by atoms with Crippen LogP contribution < -0.4 is 0 Å². The predicted octanol–water partition coefficient (Wildman–Crippen LogP) is 3.36. The molecule has 0 amide bonds. The molecule has 1 N–H and O–H groups in total. The van der Waals surface area contributed by atoms with Gasteiger partial charge in [0.15, 0.2) is 0 Å². The maximum absolute atomic E-state index is 10.1. The highest BCUT2D eigenvalue weighted by atomic mass is 16.3. The molecular weight excluding hydrogens is 160 g/mol. The molecule has 1 atom stereocenters. The maximum atomic E-state index is 10.1. The molecule has 0 aliphatic heterocycles. The molecule has 0 heterocycles. The molecule has 1 unspecified atom stereocenters. The van der Waals surface area contributed by atoms with Crippen LogP contribution in [0.1, 0.15) is 59.3 Å². The van der Waals surface area contributed by atoms with Crippen molar-refractivity contribution in [1.29, 1.82) is 0 Å². The zero-order valence-electron chi connectivity index (χ0n) is 9.34. The van der Waals surface area contributed by atoms with E-state index in [9.17, 15) is 5.11 Å². The Bertz CT molecular complexity index is 143. The van der Waals surface area contributed by atoms with Gasteiger partial charge in [-0.15, -0.1) is 0 Å². The Labute approximate surface area is 82.5 Å². The van der Waals surface area contributed by atoms with Crippen molar-refractivity contribution in [3.63, 3.8) is 0 Å². The molecule has 1 saturated carbocycles. The summed E-state index contributed by atoms with van der Waals surface area (Å²) in [5, 5.41) is 10.1. The predicted molar refractivity (Wildman–Crippen MR) is 56.7 cm³/mol. The van der Waals surface area contributed by atoms with Gasteiger partial charge in [0.05, 0.1) is 5.60 Å². The Morgan fingerprint density at radius 1 is 1.31 bits per heavy atom. The highest BCUT2D eigenvalue weighted by Crippen LogP contribution is 2.34. The molecule has 1 nitrogen and oxygen atoms in total. The Hall–Kier alpha value is -0.0400. The van der Waals surface area contributed by atoms with Gasteiger partial charge in [-0.25, -0.2) is 0 Å². The summed E-state index contributed by atoms with van der Waals surface area (Å²) in [4.78, 5) is 0. The van der Waals surface area contributed by atoms with Crippen LogP contribution in [0.4, 0.5) is 0 Å². The van der Waals surface area contributed by atoms with Crippen molar-refractivity contribution in [3.05, 3.63) is 0 Å². The molecule has 0 spiro atoms. The third-order valence-corrected chi connectivity index (χ3v) is 3.05. The first-order chi connectivity index (χ1) is 5.99. The second-order valence-corrected chi connectivity index (χ2v) is 5.45. The van der Waals surface area contributed by atoms with Gasteiger partial charge in [-0.1, -0.05) is 39.5 Å². The fraction of sp³-hybridized carbons (Fsp3) is 1.00. The van der Waals surface area contributed by atoms with Crippen molar-refractivity contribution < 1.29 is 5.11 Å². The highest BCUT2D eigenvalue weighted by molar-refractivity contribution is 4.80. The third kappa shape index (κ3) is 4.12. The summed E-state index contributed by atoms with van der Waals surface area (Å²) >= 11 is 0. The number of hydrogen-bond acceptors (Lipinski definition) is 1. The zero-order chi connectivity index (χ0) is 9.90. The van der Waals surface area contributed by atoms with Crippen LogP contribution in [0.15, 0.2) is 0 Å². The molecule has 0 bridgehead atoms. The molecule has 13 heavy (non-hydrogen) atoms. The molecule has 0 saturated heterocycles. The molecule has 0 aromatic carbocycles. The van der Waals surface area contributed by atoms with Crippen LogP contribution in [-0.2, 0) is 0 Å². The van der Waals surface area contributed by atoms with Crippen molar-refractivity contribution in [2.75, 3.05) is 0 Å². The van der Waals surface area contributed by atoms with Gasteiger partial charge in [-0.05, 0) is 31.6 Å². The number of rotatable bonds is 4. The normalized spacial score (nSPS) is 23.8. The Morgan fingerprint density at radius 2 is 1.85 bits per heavy atom. The van der Waals surface area contributed by atoms with Gasteiger partial charge in [0.2, 0.25) is 0 Å². The van der Waals surface area contributed by atoms with E-state index in [0.717, 1.165) is 18.8 Å². The molecule has 0 radical (unpaired) electrons. The molecule has 1 fully saturated rings. The zero-order valence-corrected chi connectivity index (χ0v) is 9.34. The maximum Gasteiger partial charge on any atom is 0.0624 e. The van der Waals surface area contributed by atoms with E-state index in [1.807, 2.05) is 6.92 Å². The summed E-state index contributed by atoms with van der Waals surface area (Å²) < 4.78 is 0. The van der Waals surface area contributed by atoms with Crippen molar-refractivity contribution in [2.24, 2.45) is 11.8 Å². The molecule has 1 heteroatoms. The van der Waals surface area contributed by atoms with E-state index in [-0.39, 0.29) is 0 Å². The molecular formula is C12H24O. The Balaban J connectivity index is 2.31. The van der Waals surface area contributed by atoms with E-state index in [1.54, 1.807) is 0 Å². The third-order valence-electron chi connectivity index (χ3n) is 3.05. The van der Waals surface area contributed by atoms with Crippen LogP contribution in [0.3, 0.4) is 0 Å². The highest BCUT2D eigenvalue weighted by Gasteiger charge is 2.27. The standard InChI is InChI=1S/C12H24O/c1-10(2)8-12(3,13)9-11-6-4-5-7-11/h10-11,13H,4-9H2,1-3H3. The van der Waals surface area contributed by atoms with Gasteiger partial charge >= 0.3 is 0 Å². The molecule has 0 aromatic heterocycles. The molecule has 1 rings (SSSR count). The SMILES string of the molecule is CC(C)CC(C)(O)CC1CCCC1. The Kier molecular flexibility index (Phi) is 3.78. The lowest BCUT2D eigenvalue weighted by molar-refractivity contribution is 0.0150. The topological polar surface area (TPSA) is 20.2 Å². The van der Waals surface area contributed by atoms with Gasteiger partial charge in [-0.2, -0.15) is 0 Å². The monoisotopic (exact) mass is 184 g/mol. The second-order valence-electron chi connectivity index (χ2n) is 5.45. The van der Waals surface area contributed by atoms with Gasteiger partial charge in [-0.3, -0.25) is 0 Å². The van der Waals surface area contributed by atoms with Crippen LogP contribution in [0.25, 0.3) is 0 Å². The average molecular weight is 184 g/mol. The van der Waals surface area contributed by atoms with Crippen LogP contribution in [0.2, 0.25) is 0 Å². The number of aliphatic hydroxyl groups is 1. The lowest BCUT2D eigenvalue weighted by Gasteiger charge is -2.28.